The molecule has 0 amide bonds. The van der Waals surface area contributed by atoms with Gasteiger partial charge in [-0.1, -0.05) is 6.07 Å². The van der Waals surface area contributed by atoms with Crippen molar-refractivity contribution in [2.24, 2.45) is 0 Å². The van der Waals surface area contributed by atoms with E-state index in [0.29, 0.717) is 0 Å². The topological polar surface area (TPSA) is 38.7 Å². The van der Waals surface area contributed by atoms with Crippen LogP contribution in [0, 0.1) is 0 Å². The molecule has 3 nitrogen and oxygen atoms in total. The van der Waals surface area contributed by atoms with Gasteiger partial charge in [0.2, 0.25) is 0 Å². The van der Waals surface area contributed by atoms with Crippen LogP contribution in [-0.2, 0) is 6.42 Å². The number of nitrogens with zero attached hydrogens (tertiary/aromatic N) is 3. The van der Waals surface area contributed by atoms with Gasteiger partial charge in [0.25, 0.3) is 0 Å². The van der Waals surface area contributed by atoms with Crippen LogP contribution in [-0.4, -0.2) is 15.0 Å². The highest BCUT2D eigenvalue weighted by Crippen LogP contribution is 2.22. The summed E-state index contributed by atoms with van der Waals surface area (Å²) in [6.07, 6.45) is 6.20. The average molecular weight is 253 g/mol. The lowest BCUT2D eigenvalue weighted by Gasteiger charge is -1.96. The fourth-order valence-corrected chi connectivity index (χ4v) is 2.52. The third kappa shape index (κ3) is 2.43. The van der Waals surface area contributed by atoms with E-state index in [9.17, 15) is 0 Å². The van der Waals surface area contributed by atoms with E-state index in [0.717, 1.165) is 28.4 Å². The Bertz CT molecular complexity index is 620. The van der Waals surface area contributed by atoms with Gasteiger partial charge in [0.05, 0.1) is 10.7 Å². The Balaban J connectivity index is 1.82. The van der Waals surface area contributed by atoms with E-state index in [1.165, 1.54) is 0 Å². The number of thiazole rings is 1. The quantitative estimate of drug-likeness (QED) is 0.719. The maximum atomic E-state index is 4.61. The van der Waals surface area contributed by atoms with Gasteiger partial charge in [0.1, 0.15) is 0 Å². The van der Waals surface area contributed by atoms with E-state index in [1.54, 1.807) is 17.5 Å². The van der Waals surface area contributed by atoms with E-state index in [4.69, 9.17) is 0 Å². The molecule has 0 N–H and O–H groups in total. The molecule has 88 valence electrons. The van der Waals surface area contributed by atoms with E-state index in [-0.39, 0.29) is 0 Å². The Morgan fingerprint density at radius 3 is 2.83 bits per heavy atom. The molecule has 3 heterocycles. The van der Waals surface area contributed by atoms with Crippen LogP contribution in [0.25, 0.3) is 11.3 Å². The summed E-state index contributed by atoms with van der Waals surface area (Å²) >= 11 is 1.66. The molecular weight excluding hydrogens is 242 g/mol. The lowest BCUT2D eigenvalue weighted by molar-refractivity contribution is 1.05. The molecular formula is C14H11N3S. The standard InChI is InChI=1S/C14H11N3S/c1-2-7-16-12(5-1)8-14-17-13(10-18-14)11-4-3-6-15-9-11/h1-7,9-10H,8H2. The van der Waals surface area contributed by atoms with Crippen LogP contribution < -0.4 is 0 Å². The number of rotatable bonds is 3. The highest BCUT2D eigenvalue weighted by molar-refractivity contribution is 7.10. The minimum absolute atomic E-state index is 0.784. The Morgan fingerprint density at radius 2 is 2.06 bits per heavy atom. The minimum Gasteiger partial charge on any atom is -0.264 e. The summed E-state index contributed by atoms with van der Waals surface area (Å²) in [6.45, 7) is 0. The molecule has 3 rings (SSSR count). The van der Waals surface area contributed by atoms with E-state index < -0.39 is 0 Å². The summed E-state index contributed by atoms with van der Waals surface area (Å²) in [5, 5.41) is 3.14. The zero-order valence-electron chi connectivity index (χ0n) is 9.65. The van der Waals surface area contributed by atoms with Crippen LogP contribution in [0.5, 0.6) is 0 Å². The minimum atomic E-state index is 0.784. The third-order valence-electron chi connectivity index (χ3n) is 2.57. The van der Waals surface area contributed by atoms with E-state index in [2.05, 4.69) is 20.3 Å². The van der Waals surface area contributed by atoms with Crippen molar-refractivity contribution >= 4 is 11.3 Å². The molecule has 0 spiro atoms. The zero-order valence-corrected chi connectivity index (χ0v) is 10.5. The van der Waals surface area contributed by atoms with Gasteiger partial charge in [0.15, 0.2) is 0 Å². The lowest BCUT2D eigenvalue weighted by atomic mass is 10.2. The van der Waals surface area contributed by atoms with Crippen LogP contribution in [0.15, 0.2) is 54.3 Å². The van der Waals surface area contributed by atoms with Crippen molar-refractivity contribution in [3.8, 4) is 11.3 Å². The summed E-state index contributed by atoms with van der Waals surface area (Å²) in [4.78, 5) is 13.0. The number of pyridine rings is 2. The Hall–Kier alpha value is -2.07. The van der Waals surface area contributed by atoms with Crippen LogP contribution in [0.1, 0.15) is 10.7 Å². The normalized spacial score (nSPS) is 10.4. The van der Waals surface area contributed by atoms with Crippen LogP contribution in [0.3, 0.4) is 0 Å². The molecule has 0 aliphatic heterocycles. The van der Waals surface area contributed by atoms with Crippen molar-refractivity contribution in [2.45, 2.75) is 6.42 Å². The SMILES string of the molecule is c1ccc(Cc2nc(-c3cccnc3)cs2)nc1. The molecule has 3 aromatic rings. The van der Waals surface area contributed by atoms with Gasteiger partial charge in [-0.15, -0.1) is 11.3 Å². The molecule has 0 aliphatic carbocycles. The molecule has 0 fully saturated rings. The molecule has 0 atom stereocenters. The maximum Gasteiger partial charge on any atom is 0.0992 e. The molecule has 3 aromatic heterocycles. The fourth-order valence-electron chi connectivity index (χ4n) is 1.70. The van der Waals surface area contributed by atoms with Crippen molar-refractivity contribution in [3.05, 3.63) is 65.0 Å². The second-order valence-corrected chi connectivity index (χ2v) is 4.81. The van der Waals surface area contributed by atoms with Gasteiger partial charge in [-0.2, -0.15) is 0 Å². The third-order valence-corrected chi connectivity index (χ3v) is 3.42. The maximum absolute atomic E-state index is 4.61. The second-order valence-electron chi connectivity index (χ2n) is 3.87. The Labute approximate surface area is 109 Å². The van der Waals surface area contributed by atoms with Crippen molar-refractivity contribution in [2.75, 3.05) is 0 Å². The summed E-state index contributed by atoms with van der Waals surface area (Å²) in [5.41, 5.74) is 3.09. The molecule has 0 aliphatic rings. The van der Waals surface area contributed by atoms with Crippen LogP contribution in [0.2, 0.25) is 0 Å². The summed E-state index contributed by atoms with van der Waals surface area (Å²) in [5.74, 6) is 0. The zero-order chi connectivity index (χ0) is 12.2. The van der Waals surface area contributed by atoms with E-state index in [1.807, 2.05) is 42.7 Å². The Kier molecular flexibility index (Phi) is 3.10. The van der Waals surface area contributed by atoms with Crippen molar-refractivity contribution in [1.29, 1.82) is 0 Å². The largest absolute Gasteiger partial charge is 0.264 e. The number of hydrogen-bond donors (Lipinski definition) is 0. The first-order chi connectivity index (χ1) is 8.92. The van der Waals surface area contributed by atoms with E-state index >= 15 is 0 Å². The number of aromatic nitrogens is 3. The summed E-state index contributed by atoms with van der Waals surface area (Å²) < 4.78 is 0. The first kappa shape index (κ1) is 11.0. The van der Waals surface area contributed by atoms with Crippen LogP contribution in [0.4, 0.5) is 0 Å². The molecule has 0 bridgehead atoms. The predicted molar refractivity (Wildman–Crippen MR) is 72.4 cm³/mol. The van der Waals surface area contributed by atoms with Gasteiger partial charge in [-0.05, 0) is 24.3 Å². The van der Waals surface area contributed by atoms with Gasteiger partial charge in [-0.25, -0.2) is 4.98 Å². The van der Waals surface area contributed by atoms with Crippen molar-refractivity contribution < 1.29 is 0 Å². The second kappa shape index (κ2) is 5.06. The predicted octanol–water partition coefficient (Wildman–Crippen LogP) is 3.19. The first-order valence-electron chi connectivity index (χ1n) is 5.66. The molecule has 0 radical (unpaired) electrons. The molecule has 0 unspecified atom stereocenters. The average Bonchev–Trinajstić information content (AvgIpc) is 2.89. The molecule has 18 heavy (non-hydrogen) atoms. The van der Waals surface area contributed by atoms with Gasteiger partial charge >= 0.3 is 0 Å². The molecule has 0 saturated carbocycles. The monoisotopic (exact) mass is 253 g/mol. The smallest absolute Gasteiger partial charge is 0.0992 e. The Morgan fingerprint density at radius 1 is 1.06 bits per heavy atom. The highest BCUT2D eigenvalue weighted by Gasteiger charge is 2.05. The molecule has 4 heteroatoms. The van der Waals surface area contributed by atoms with Crippen LogP contribution >= 0.6 is 11.3 Å². The highest BCUT2D eigenvalue weighted by atomic mass is 32.1. The summed E-state index contributed by atoms with van der Waals surface area (Å²) in [7, 11) is 0. The fraction of sp³-hybridized carbons (Fsp3) is 0.0714. The number of hydrogen-bond acceptors (Lipinski definition) is 4. The summed E-state index contributed by atoms with van der Waals surface area (Å²) in [6, 6.07) is 9.88. The lowest BCUT2D eigenvalue weighted by Crippen LogP contribution is -1.90. The van der Waals surface area contributed by atoms with Gasteiger partial charge in [0, 0.05) is 41.6 Å². The van der Waals surface area contributed by atoms with Crippen molar-refractivity contribution in [3.63, 3.8) is 0 Å². The molecule has 0 saturated heterocycles. The molecule has 0 aromatic carbocycles. The van der Waals surface area contributed by atoms with Gasteiger partial charge < -0.3 is 0 Å². The van der Waals surface area contributed by atoms with Crippen molar-refractivity contribution in [1.82, 2.24) is 15.0 Å². The van der Waals surface area contributed by atoms with Gasteiger partial charge in [-0.3, -0.25) is 9.97 Å². The first-order valence-corrected chi connectivity index (χ1v) is 6.54.